The molecule has 0 saturated carbocycles. The van der Waals surface area contributed by atoms with Gasteiger partial charge < -0.3 is 4.90 Å². The maximum absolute atomic E-state index is 12.8. The van der Waals surface area contributed by atoms with Gasteiger partial charge in [-0.2, -0.15) is 0 Å². The smallest absolute Gasteiger partial charge is 0.251 e. The maximum atomic E-state index is 12.8. The highest BCUT2D eigenvalue weighted by atomic mass is 19.3. The second-order valence-electron chi connectivity index (χ2n) is 3.54. The number of piperidine rings is 1. The van der Waals surface area contributed by atoms with Crippen molar-refractivity contribution in [3.63, 3.8) is 0 Å². The summed E-state index contributed by atoms with van der Waals surface area (Å²) in [4.78, 5) is 9.13. The van der Waals surface area contributed by atoms with Crippen molar-refractivity contribution >= 4 is 5.95 Å². The van der Waals surface area contributed by atoms with Gasteiger partial charge in [-0.1, -0.05) is 0 Å². The molecular weight excluding hydrogens is 207 g/mol. The van der Waals surface area contributed by atoms with Gasteiger partial charge in [0.25, 0.3) is 5.92 Å². The summed E-state index contributed by atoms with van der Waals surface area (Å²) in [5, 5.41) is 0. The molecule has 0 aromatic carbocycles. The van der Waals surface area contributed by atoms with Gasteiger partial charge in [0.1, 0.15) is 0 Å². The van der Waals surface area contributed by atoms with Crippen LogP contribution >= 0.6 is 0 Å². The first-order chi connectivity index (χ1) is 7.07. The molecule has 15 heavy (non-hydrogen) atoms. The Morgan fingerprint density at radius 2 is 1.67 bits per heavy atom. The topological polar surface area (TPSA) is 29.0 Å². The first-order valence-corrected chi connectivity index (χ1v) is 4.67. The van der Waals surface area contributed by atoms with E-state index in [-0.39, 0.29) is 25.9 Å². The standard InChI is InChI=1S/C9H10F3N3/c10-7-5-13-8(14-6-7)15-3-1-9(11,12)2-4-15/h5-6H,1-4H2. The molecule has 1 saturated heterocycles. The van der Waals surface area contributed by atoms with Crippen LogP contribution in [-0.4, -0.2) is 29.0 Å². The summed E-state index contributed by atoms with van der Waals surface area (Å²) in [6.45, 7) is 0.414. The van der Waals surface area contributed by atoms with E-state index in [0.29, 0.717) is 5.95 Å². The summed E-state index contributed by atoms with van der Waals surface area (Å²) < 4.78 is 38.2. The number of alkyl halides is 2. The Balaban J connectivity index is 2.04. The molecule has 1 fully saturated rings. The zero-order chi connectivity index (χ0) is 10.9. The summed E-state index contributed by atoms with van der Waals surface area (Å²) in [7, 11) is 0. The molecule has 6 heteroatoms. The molecule has 1 aliphatic heterocycles. The van der Waals surface area contributed by atoms with Crippen molar-refractivity contribution in [2.24, 2.45) is 0 Å². The van der Waals surface area contributed by atoms with Gasteiger partial charge in [-0.15, -0.1) is 0 Å². The van der Waals surface area contributed by atoms with Crippen LogP contribution in [0.5, 0.6) is 0 Å². The van der Waals surface area contributed by atoms with Gasteiger partial charge >= 0.3 is 0 Å². The highest BCUT2D eigenvalue weighted by molar-refractivity contribution is 5.29. The van der Waals surface area contributed by atoms with E-state index in [2.05, 4.69) is 9.97 Å². The number of hydrogen-bond donors (Lipinski definition) is 0. The van der Waals surface area contributed by atoms with Gasteiger partial charge in [0.05, 0.1) is 12.4 Å². The Kier molecular flexibility index (Phi) is 2.50. The molecule has 2 rings (SSSR count). The summed E-state index contributed by atoms with van der Waals surface area (Å²) in [6, 6.07) is 0. The Hall–Kier alpha value is -1.33. The summed E-state index contributed by atoms with van der Waals surface area (Å²) in [6.07, 6.45) is 1.67. The molecule has 0 unspecified atom stereocenters. The van der Waals surface area contributed by atoms with Crippen LogP contribution in [0.2, 0.25) is 0 Å². The lowest BCUT2D eigenvalue weighted by Gasteiger charge is -2.31. The molecule has 0 radical (unpaired) electrons. The number of anilines is 1. The van der Waals surface area contributed by atoms with Crippen molar-refractivity contribution in [3.05, 3.63) is 18.2 Å². The minimum absolute atomic E-state index is 0.201. The molecule has 0 aliphatic carbocycles. The zero-order valence-corrected chi connectivity index (χ0v) is 7.96. The number of halogens is 3. The van der Waals surface area contributed by atoms with Crippen molar-refractivity contribution in [2.75, 3.05) is 18.0 Å². The lowest BCUT2D eigenvalue weighted by Crippen LogP contribution is -2.40. The molecule has 1 aromatic rings. The molecule has 0 spiro atoms. The van der Waals surface area contributed by atoms with E-state index in [1.807, 2.05) is 0 Å². The fourth-order valence-corrected chi connectivity index (χ4v) is 1.50. The highest BCUT2D eigenvalue weighted by Crippen LogP contribution is 2.28. The van der Waals surface area contributed by atoms with Crippen molar-refractivity contribution in [2.45, 2.75) is 18.8 Å². The SMILES string of the molecule is Fc1cnc(N2CCC(F)(F)CC2)nc1. The predicted octanol–water partition coefficient (Wildman–Crippen LogP) is 1.85. The van der Waals surface area contributed by atoms with Crippen LogP contribution in [0.1, 0.15) is 12.8 Å². The normalized spacial score (nSPS) is 20.3. The van der Waals surface area contributed by atoms with Crippen LogP contribution in [-0.2, 0) is 0 Å². The van der Waals surface area contributed by atoms with E-state index in [1.54, 1.807) is 4.90 Å². The largest absolute Gasteiger partial charge is 0.340 e. The van der Waals surface area contributed by atoms with Crippen LogP contribution in [0.3, 0.4) is 0 Å². The quantitative estimate of drug-likeness (QED) is 0.718. The molecule has 0 bridgehead atoms. The highest BCUT2D eigenvalue weighted by Gasteiger charge is 2.34. The van der Waals surface area contributed by atoms with Crippen molar-refractivity contribution < 1.29 is 13.2 Å². The number of rotatable bonds is 1. The molecule has 82 valence electrons. The number of aromatic nitrogens is 2. The average Bonchev–Trinajstić information content (AvgIpc) is 2.20. The minimum Gasteiger partial charge on any atom is -0.340 e. The third-order valence-electron chi connectivity index (χ3n) is 2.38. The monoisotopic (exact) mass is 217 g/mol. The summed E-state index contributed by atoms with van der Waals surface area (Å²) in [5.74, 6) is -2.80. The van der Waals surface area contributed by atoms with E-state index in [4.69, 9.17) is 0 Å². The molecule has 1 aromatic heterocycles. The fourth-order valence-electron chi connectivity index (χ4n) is 1.50. The summed E-state index contributed by atoms with van der Waals surface area (Å²) >= 11 is 0. The van der Waals surface area contributed by atoms with E-state index in [9.17, 15) is 13.2 Å². The van der Waals surface area contributed by atoms with E-state index >= 15 is 0 Å². The molecular formula is C9H10F3N3. The fraction of sp³-hybridized carbons (Fsp3) is 0.556. The maximum Gasteiger partial charge on any atom is 0.251 e. The third kappa shape index (κ3) is 2.37. The lowest BCUT2D eigenvalue weighted by molar-refractivity contribution is -0.0222. The van der Waals surface area contributed by atoms with Crippen molar-refractivity contribution in [3.8, 4) is 0 Å². The van der Waals surface area contributed by atoms with Crippen LogP contribution in [0, 0.1) is 5.82 Å². The van der Waals surface area contributed by atoms with Crippen molar-refractivity contribution in [1.82, 2.24) is 9.97 Å². The average molecular weight is 217 g/mol. The molecule has 0 atom stereocenters. The van der Waals surface area contributed by atoms with Gasteiger partial charge in [0.2, 0.25) is 5.95 Å². The first-order valence-electron chi connectivity index (χ1n) is 4.67. The summed E-state index contributed by atoms with van der Waals surface area (Å²) in [5.41, 5.74) is 0. The molecule has 1 aliphatic rings. The Morgan fingerprint density at radius 3 is 2.20 bits per heavy atom. The van der Waals surface area contributed by atoms with Crippen LogP contribution in [0.4, 0.5) is 19.1 Å². The van der Waals surface area contributed by atoms with Gasteiger partial charge in [0.15, 0.2) is 5.82 Å². The molecule has 0 N–H and O–H groups in total. The molecule has 2 heterocycles. The van der Waals surface area contributed by atoms with E-state index in [1.165, 1.54) is 0 Å². The second kappa shape index (κ2) is 3.67. The van der Waals surface area contributed by atoms with Crippen molar-refractivity contribution in [1.29, 1.82) is 0 Å². The predicted molar refractivity (Wildman–Crippen MR) is 48.4 cm³/mol. The van der Waals surface area contributed by atoms with Crippen LogP contribution < -0.4 is 4.90 Å². The zero-order valence-electron chi connectivity index (χ0n) is 7.96. The van der Waals surface area contributed by atoms with Gasteiger partial charge in [0, 0.05) is 25.9 Å². The van der Waals surface area contributed by atoms with Gasteiger partial charge in [-0.3, -0.25) is 0 Å². The number of hydrogen-bond acceptors (Lipinski definition) is 3. The molecule has 3 nitrogen and oxygen atoms in total. The van der Waals surface area contributed by atoms with Gasteiger partial charge in [-0.05, 0) is 0 Å². The third-order valence-corrected chi connectivity index (χ3v) is 2.38. The first kappa shape index (κ1) is 10.2. The van der Waals surface area contributed by atoms with E-state index < -0.39 is 11.7 Å². The lowest BCUT2D eigenvalue weighted by atomic mass is 10.1. The Labute approximate surface area is 84.9 Å². The Morgan fingerprint density at radius 1 is 1.13 bits per heavy atom. The number of nitrogens with zero attached hydrogens (tertiary/aromatic N) is 3. The van der Waals surface area contributed by atoms with E-state index in [0.717, 1.165) is 12.4 Å². The Bertz CT molecular complexity index is 329. The molecule has 0 amide bonds. The van der Waals surface area contributed by atoms with Gasteiger partial charge in [-0.25, -0.2) is 23.1 Å². The van der Waals surface area contributed by atoms with Crippen LogP contribution in [0.15, 0.2) is 12.4 Å². The minimum atomic E-state index is -2.59. The van der Waals surface area contributed by atoms with Crippen LogP contribution in [0.25, 0.3) is 0 Å². The second-order valence-corrected chi connectivity index (χ2v) is 3.54.